The molecule has 5 heteroatoms. The van der Waals surface area contributed by atoms with Crippen molar-refractivity contribution < 1.29 is 17.6 Å². The van der Waals surface area contributed by atoms with Crippen molar-refractivity contribution in [1.29, 1.82) is 0 Å². The fraction of sp³-hybridized carbons (Fsp3) is 0.250. The summed E-state index contributed by atoms with van der Waals surface area (Å²) in [6, 6.07) is 5.95. The molecule has 2 rings (SSSR count). The van der Waals surface area contributed by atoms with Gasteiger partial charge in [0, 0.05) is 11.6 Å². The van der Waals surface area contributed by atoms with Crippen LogP contribution in [0.25, 0.3) is 0 Å². The van der Waals surface area contributed by atoms with E-state index in [9.17, 15) is 17.6 Å². The highest BCUT2D eigenvalue weighted by Gasteiger charge is 2.19. The molecule has 2 aromatic carbocycles. The summed E-state index contributed by atoms with van der Waals surface area (Å²) in [5.41, 5.74) is 0.573. The minimum Gasteiger partial charge on any atom is -0.306 e. The summed E-state index contributed by atoms with van der Waals surface area (Å²) in [6.07, 6.45) is 0.781. The Morgan fingerprint density at radius 1 is 0.905 bits per heavy atom. The Labute approximate surface area is 120 Å². The van der Waals surface area contributed by atoms with Crippen molar-refractivity contribution in [3.05, 3.63) is 70.8 Å². The summed E-state index contributed by atoms with van der Waals surface area (Å²) in [5, 5.41) is 3.06. The molecule has 0 aliphatic rings. The van der Waals surface area contributed by atoms with Gasteiger partial charge in [0.15, 0.2) is 11.6 Å². The van der Waals surface area contributed by atoms with E-state index in [4.69, 9.17) is 0 Å². The first-order valence-electron chi connectivity index (χ1n) is 6.66. The second kappa shape index (κ2) is 6.72. The fourth-order valence-electron chi connectivity index (χ4n) is 2.12. The van der Waals surface area contributed by atoms with Crippen LogP contribution in [0.4, 0.5) is 17.6 Å². The van der Waals surface area contributed by atoms with Gasteiger partial charge in [-0.15, -0.1) is 0 Å². The maximum Gasteiger partial charge on any atom is 0.159 e. The van der Waals surface area contributed by atoms with E-state index < -0.39 is 29.3 Å². The number of hydrogen-bond donors (Lipinski definition) is 1. The van der Waals surface area contributed by atoms with Crippen molar-refractivity contribution in [2.24, 2.45) is 0 Å². The lowest BCUT2D eigenvalue weighted by molar-refractivity contribution is 0.499. The van der Waals surface area contributed by atoms with Crippen LogP contribution in [0.2, 0.25) is 0 Å². The summed E-state index contributed by atoms with van der Waals surface area (Å²) in [4.78, 5) is 0. The summed E-state index contributed by atoms with van der Waals surface area (Å²) < 4.78 is 53.4. The molecule has 1 nitrogen and oxygen atoms in total. The predicted octanol–water partition coefficient (Wildman–Crippen LogP) is 4.33. The zero-order valence-electron chi connectivity index (χ0n) is 11.5. The molecule has 0 fully saturated rings. The first kappa shape index (κ1) is 15.5. The van der Waals surface area contributed by atoms with Gasteiger partial charge in [0.25, 0.3) is 0 Å². The third kappa shape index (κ3) is 3.61. The summed E-state index contributed by atoms with van der Waals surface area (Å²) >= 11 is 0. The molecule has 0 saturated heterocycles. The molecule has 1 atom stereocenters. The van der Waals surface area contributed by atoms with Gasteiger partial charge in [-0.25, -0.2) is 17.6 Å². The van der Waals surface area contributed by atoms with Crippen molar-refractivity contribution in [2.45, 2.75) is 19.4 Å². The molecular weight excluding hydrogens is 282 g/mol. The molecular formula is C16H15F4N. The number of benzene rings is 2. The maximum atomic E-state index is 13.9. The zero-order valence-corrected chi connectivity index (χ0v) is 11.5. The average Bonchev–Trinajstić information content (AvgIpc) is 2.44. The molecule has 0 aromatic heterocycles. The molecule has 1 unspecified atom stereocenters. The van der Waals surface area contributed by atoms with Crippen LogP contribution >= 0.6 is 0 Å². The standard InChI is InChI=1S/C16H15F4N/c1-2-7-21-16(10-3-6-13(18)15(20)8-10)12-5-4-11(17)9-14(12)19/h3-6,8-9,16,21H,2,7H2,1H3. The van der Waals surface area contributed by atoms with Gasteiger partial charge in [0.05, 0.1) is 6.04 Å². The largest absolute Gasteiger partial charge is 0.306 e. The first-order valence-corrected chi connectivity index (χ1v) is 6.66. The van der Waals surface area contributed by atoms with E-state index >= 15 is 0 Å². The lowest BCUT2D eigenvalue weighted by Crippen LogP contribution is -2.24. The molecule has 0 bridgehead atoms. The van der Waals surface area contributed by atoms with E-state index in [0.29, 0.717) is 12.1 Å². The highest BCUT2D eigenvalue weighted by molar-refractivity contribution is 5.33. The van der Waals surface area contributed by atoms with Crippen LogP contribution in [0, 0.1) is 23.3 Å². The minimum atomic E-state index is -1.00. The highest BCUT2D eigenvalue weighted by atomic mass is 19.2. The third-order valence-electron chi connectivity index (χ3n) is 3.15. The Hall–Kier alpha value is -1.88. The Balaban J connectivity index is 2.44. The molecule has 0 aliphatic carbocycles. The second-order valence-electron chi connectivity index (χ2n) is 4.73. The van der Waals surface area contributed by atoms with Gasteiger partial charge in [-0.1, -0.05) is 19.1 Å². The minimum absolute atomic E-state index is 0.191. The zero-order chi connectivity index (χ0) is 15.4. The molecule has 0 aliphatic heterocycles. The van der Waals surface area contributed by atoms with Gasteiger partial charge in [0.2, 0.25) is 0 Å². The summed E-state index contributed by atoms with van der Waals surface area (Å²) in [6.45, 7) is 2.48. The summed E-state index contributed by atoms with van der Waals surface area (Å²) in [7, 11) is 0. The van der Waals surface area contributed by atoms with Gasteiger partial charge < -0.3 is 5.32 Å². The van der Waals surface area contributed by atoms with Crippen molar-refractivity contribution in [3.63, 3.8) is 0 Å². The normalized spacial score (nSPS) is 12.4. The van der Waals surface area contributed by atoms with Gasteiger partial charge >= 0.3 is 0 Å². The predicted molar refractivity (Wildman–Crippen MR) is 72.9 cm³/mol. The second-order valence-corrected chi connectivity index (χ2v) is 4.73. The molecule has 0 radical (unpaired) electrons. The molecule has 21 heavy (non-hydrogen) atoms. The van der Waals surface area contributed by atoms with Crippen LogP contribution in [-0.4, -0.2) is 6.54 Å². The molecule has 2 aromatic rings. The Morgan fingerprint density at radius 2 is 1.67 bits per heavy atom. The van der Waals surface area contributed by atoms with E-state index in [-0.39, 0.29) is 5.56 Å². The Morgan fingerprint density at radius 3 is 2.29 bits per heavy atom. The topological polar surface area (TPSA) is 12.0 Å². The van der Waals surface area contributed by atoms with Crippen molar-refractivity contribution in [1.82, 2.24) is 5.32 Å². The molecule has 0 saturated carbocycles. The Bertz CT molecular complexity index is 628. The van der Waals surface area contributed by atoms with E-state index in [2.05, 4.69) is 5.32 Å². The van der Waals surface area contributed by atoms with E-state index in [1.54, 1.807) is 0 Å². The van der Waals surface area contributed by atoms with Crippen LogP contribution in [-0.2, 0) is 0 Å². The number of halogens is 4. The number of nitrogens with one attached hydrogen (secondary N) is 1. The molecule has 0 heterocycles. The Kier molecular flexibility index (Phi) is 4.96. The molecule has 112 valence electrons. The fourth-order valence-corrected chi connectivity index (χ4v) is 2.12. The van der Waals surface area contributed by atoms with Crippen molar-refractivity contribution in [3.8, 4) is 0 Å². The first-order chi connectivity index (χ1) is 10.0. The van der Waals surface area contributed by atoms with Crippen LogP contribution in [0.1, 0.15) is 30.5 Å². The number of rotatable bonds is 5. The lowest BCUT2D eigenvalue weighted by atomic mass is 9.97. The molecule has 0 amide bonds. The quantitative estimate of drug-likeness (QED) is 0.810. The van der Waals surface area contributed by atoms with E-state index in [1.165, 1.54) is 12.1 Å². The number of hydrogen-bond acceptors (Lipinski definition) is 1. The van der Waals surface area contributed by atoms with Crippen LogP contribution in [0.5, 0.6) is 0 Å². The van der Waals surface area contributed by atoms with Crippen molar-refractivity contribution >= 4 is 0 Å². The SMILES string of the molecule is CCCNC(c1ccc(F)c(F)c1)c1ccc(F)cc1F. The maximum absolute atomic E-state index is 13.9. The van der Waals surface area contributed by atoms with Gasteiger partial charge in [-0.2, -0.15) is 0 Å². The lowest BCUT2D eigenvalue weighted by Gasteiger charge is -2.20. The van der Waals surface area contributed by atoms with E-state index in [0.717, 1.165) is 30.7 Å². The van der Waals surface area contributed by atoms with Gasteiger partial charge in [-0.3, -0.25) is 0 Å². The van der Waals surface area contributed by atoms with Crippen LogP contribution < -0.4 is 5.32 Å². The smallest absolute Gasteiger partial charge is 0.159 e. The monoisotopic (exact) mass is 297 g/mol. The molecule has 0 spiro atoms. The molecule has 1 N–H and O–H groups in total. The van der Waals surface area contributed by atoms with Gasteiger partial charge in [0.1, 0.15) is 11.6 Å². The van der Waals surface area contributed by atoms with Crippen molar-refractivity contribution in [2.75, 3.05) is 6.54 Å². The average molecular weight is 297 g/mol. The van der Waals surface area contributed by atoms with Gasteiger partial charge in [-0.05, 0) is 36.7 Å². The third-order valence-corrected chi connectivity index (χ3v) is 3.15. The van der Waals surface area contributed by atoms with Crippen LogP contribution in [0.15, 0.2) is 36.4 Å². The van der Waals surface area contributed by atoms with Crippen LogP contribution in [0.3, 0.4) is 0 Å². The highest BCUT2D eigenvalue weighted by Crippen LogP contribution is 2.26. The van der Waals surface area contributed by atoms with E-state index in [1.807, 2.05) is 6.92 Å². The summed E-state index contributed by atoms with van der Waals surface area (Å²) in [5.74, 6) is -3.38.